The third-order valence-corrected chi connectivity index (χ3v) is 5.52. The van der Waals surface area contributed by atoms with Crippen LogP contribution in [0.5, 0.6) is 0 Å². The number of aliphatic hydroxyl groups excluding tert-OH is 1. The van der Waals surface area contributed by atoms with Crippen molar-refractivity contribution in [2.24, 2.45) is 0 Å². The Labute approximate surface area is 218 Å². The largest absolute Gasteiger partial charge is 0.445 e. The Hall–Kier alpha value is -3.63. The van der Waals surface area contributed by atoms with Crippen LogP contribution in [-0.4, -0.2) is 53.6 Å². The van der Waals surface area contributed by atoms with Gasteiger partial charge in [0.1, 0.15) is 25.5 Å². The lowest BCUT2D eigenvalue weighted by Gasteiger charge is -2.27. The molecular weight excluding hydrogens is 476 g/mol. The first-order valence-electron chi connectivity index (χ1n) is 12.3. The van der Waals surface area contributed by atoms with Gasteiger partial charge in [-0.1, -0.05) is 60.7 Å². The van der Waals surface area contributed by atoms with E-state index < -0.39 is 30.5 Å². The van der Waals surface area contributed by atoms with Crippen LogP contribution in [0.15, 0.2) is 60.7 Å². The van der Waals surface area contributed by atoms with Gasteiger partial charge in [0, 0.05) is 12.1 Å². The molecule has 0 spiro atoms. The summed E-state index contributed by atoms with van der Waals surface area (Å²) in [6.45, 7) is 7.15. The molecule has 0 heterocycles. The highest BCUT2D eigenvalue weighted by Crippen LogP contribution is 2.04. The predicted octanol–water partition coefficient (Wildman–Crippen LogP) is 2.81. The highest BCUT2D eigenvalue weighted by molar-refractivity contribution is 5.85. The van der Waals surface area contributed by atoms with Crippen LogP contribution in [-0.2, 0) is 27.5 Å². The molecule has 2 aromatic carbocycles. The highest BCUT2D eigenvalue weighted by Gasteiger charge is 2.22. The molecule has 37 heavy (non-hydrogen) atoms. The molecule has 0 radical (unpaired) electrons. The van der Waals surface area contributed by atoms with Gasteiger partial charge in [0.05, 0.1) is 6.04 Å². The smallest absolute Gasteiger partial charge is 0.408 e. The van der Waals surface area contributed by atoms with Gasteiger partial charge in [-0.2, -0.15) is 0 Å². The van der Waals surface area contributed by atoms with Crippen molar-refractivity contribution in [1.82, 2.24) is 21.3 Å². The molecule has 0 aliphatic rings. The molecule has 5 N–H and O–H groups in total. The molecule has 0 saturated carbocycles. The number of ether oxygens (including phenoxy) is 2. The predicted molar refractivity (Wildman–Crippen MR) is 139 cm³/mol. The van der Waals surface area contributed by atoms with Crippen LogP contribution in [0.2, 0.25) is 0 Å². The monoisotopic (exact) mass is 514 g/mol. The quantitative estimate of drug-likeness (QED) is 0.259. The molecule has 0 bridgehead atoms. The van der Waals surface area contributed by atoms with Gasteiger partial charge in [0.15, 0.2) is 0 Å². The average molecular weight is 515 g/mol. The van der Waals surface area contributed by atoms with Gasteiger partial charge >= 0.3 is 12.2 Å². The molecule has 2 aromatic rings. The van der Waals surface area contributed by atoms with Crippen molar-refractivity contribution >= 4 is 18.1 Å². The number of alkyl carbamates (subject to hydrolysis) is 2. The van der Waals surface area contributed by atoms with Gasteiger partial charge in [-0.25, -0.2) is 9.59 Å². The summed E-state index contributed by atoms with van der Waals surface area (Å²) in [5, 5.41) is 21.4. The molecule has 0 aliphatic carbocycles. The lowest BCUT2D eigenvalue weighted by atomic mass is 10.1. The number of carbonyl (C=O) groups excluding carboxylic acids is 3. The van der Waals surface area contributed by atoms with E-state index in [1.54, 1.807) is 13.8 Å². The van der Waals surface area contributed by atoms with E-state index in [2.05, 4.69) is 21.3 Å². The second-order valence-corrected chi connectivity index (χ2v) is 9.08. The van der Waals surface area contributed by atoms with E-state index in [4.69, 9.17) is 9.47 Å². The van der Waals surface area contributed by atoms with Crippen molar-refractivity contribution < 1.29 is 29.0 Å². The Morgan fingerprint density at radius 3 is 1.73 bits per heavy atom. The van der Waals surface area contributed by atoms with Gasteiger partial charge in [0.25, 0.3) is 0 Å². The van der Waals surface area contributed by atoms with Crippen LogP contribution < -0.4 is 21.3 Å². The topological polar surface area (TPSA) is 138 Å². The third kappa shape index (κ3) is 11.8. The average Bonchev–Trinajstić information content (AvgIpc) is 2.87. The second-order valence-electron chi connectivity index (χ2n) is 9.08. The first kappa shape index (κ1) is 29.6. The summed E-state index contributed by atoms with van der Waals surface area (Å²) in [7, 11) is 0. The van der Waals surface area contributed by atoms with Crippen molar-refractivity contribution in [1.29, 1.82) is 0 Å². The van der Waals surface area contributed by atoms with Gasteiger partial charge in [-0.3, -0.25) is 10.1 Å². The number of carbonyl (C=O) groups is 3. The third-order valence-electron chi connectivity index (χ3n) is 5.52. The maximum atomic E-state index is 12.4. The van der Waals surface area contributed by atoms with Crippen molar-refractivity contribution in [3.63, 3.8) is 0 Å². The molecule has 10 nitrogen and oxygen atoms in total. The first-order chi connectivity index (χ1) is 17.6. The Bertz CT molecular complexity index is 975. The summed E-state index contributed by atoms with van der Waals surface area (Å²) < 4.78 is 10.3. The van der Waals surface area contributed by atoms with E-state index in [1.165, 1.54) is 0 Å². The molecule has 3 unspecified atom stereocenters. The zero-order chi connectivity index (χ0) is 27.2. The number of rotatable bonds is 13. The van der Waals surface area contributed by atoms with Crippen LogP contribution in [0, 0.1) is 0 Å². The molecule has 0 aromatic heterocycles. The van der Waals surface area contributed by atoms with Crippen LogP contribution >= 0.6 is 0 Å². The molecule has 0 fully saturated rings. The van der Waals surface area contributed by atoms with Crippen molar-refractivity contribution in [3.05, 3.63) is 71.8 Å². The minimum absolute atomic E-state index is 0.112. The summed E-state index contributed by atoms with van der Waals surface area (Å²) in [6.07, 6.45) is -1.84. The molecule has 0 aliphatic heterocycles. The number of nitrogens with one attached hydrogen (secondary N) is 4. The number of hydrogen-bond acceptors (Lipinski definition) is 7. The van der Waals surface area contributed by atoms with Crippen LogP contribution in [0.25, 0.3) is 0 Å². The maximum absolute atomic E-state index is 12.4. The van der Waals surface area contributed by atoms with Gasteiger partial charge in [-0.05, 0) is 45.2 Å². The second kappa shape index (κ2) is 15.5. The maximum Gasteiger partial charge on any atom is 0.408 e. The van der Waals surface area contributed by atoms with Crippen LogP contribution in [0.3, 0.4) is 0 Å². The Kier molecular flexibility index (Phi) is 12.4. The van der Waals surface area contributed by atoms with Crippen LogP contribution in [0.1, 0.15) is 45.2 Å². The highest BCUT2D eigenvalue weighted by atomic mass is 16.6. The zero-order valence-electron chi connectivity index (χ0n) is 21.8. The first-order valence-corrected chi connectivity index (χ1v) is 12.3. The molecule has 10 heteroatoms. The Morgan fingerprint density at radius 2 is 1.22 bits per heavy atom. The minimum Gasteiger partial charge on any atom is -0.445 e. The Balaban J connectivity index is 1.65. The molecule has 0 saturated heterocycles. The molecule has 3 amide bonds. The van der Waals surface area contributed by atoms with E-state index in [0.717, 1.165) is 11.1 Å². The summed E-state index contributed by atoms with van der Waals surface area (Å²) in [6, 6.07) is 16.7. The molecular formula is C27H38N4O6. The lowest BCUT2D eigenvalue weighted by molar-refractivity contribution is -0.123. The van der Waals surface area contributed by atoms with Gasteiger partial charge in [-0.15, -0.1) is 0 Å². The number of aliphatic hydroxyl groups is 1. The summed E-state index contributed by atoms with van der Waals surface area (Å²) in [5.41, 5.74) is 1.71. The van der Waals surface area contributed by atoms with E-state index in [-0.39, 0.29) is 31.2 Å². The minimum atomic E-state index is -1.03. The molecule has 2 rings (SSSR count). The number of amides is 3. The standard InChI is InChI=1S/C27H38N4O6/c1-18(28-24(32)20(3)30-26(34)36-16-22-11-7-5-8-12-22)15-19(2)29-25(33)21(4)31-27(35)37-17-23-13-9-6-10-14-23/h5-14,18-21,24,28,32H,15-17H2,1-4H3,(H,29,33)(H,30,34)(H,31,35)/t18?,19?,20-,21-,24?/m0/s1. The Morgan fingerprint density at radius 1 is 0.730 bits per heavy atom. The summed E-state index contributed by atoms with van der Waals surface area (Å²) >= 11 is 0. The summed E-state index contributed by atoms with van der Waals surface area (Å²) in [4.78, 5) is 36.4. The fraction of sp³-hybridized carbons (Fsp3) is 0.444. The fourth-order valence-corrected chi connectivity index (χ4v) is 3.50. The fourth-order valence-electron chi connectivity index (χ4n) is 3.50. The number of hydrogen-bond donors (Lipinski definition) is 5. The van der Waals surface area contributed by atoms with Gasteiger partial charge < -0.3 is 30.5 Å². The van der Waals surface area contributed by atoms with E-state index in [1.807, 2.05) is 74.5 Å². The van der Waals surface area contributed by atoms with Gasteiger partial charge in [0.2, 0.25) is 5.91 Å². The van der Waals surface area contributed by atoms with Crippen LogP contribution in [0.4, 0.5) is 9.59 Å². The summed E-state index contributed by atoms with van der Waals surface area (Å²) in [5.74, 6) is -0.354. The van der Waals surface area contributed by atoms with Crippen molar-refractivity contribution in [2.45, 2.75) is 77.7 Å². The SMILES string of the molecule is CC(CC(C)NC(O)[C@H](C)NC(=O)OCc1ccccc1)NC(=O)[C@H](C)NC(=O)OCc1ccccc1. The normalized spacial score (nSPS) is 14.8. The van der Waals surface area contributed by atoms with E-state index in [0.29, 0.717) is 6.42 Å². The lowest BCUT2D eigenvalue weighted by Crippen LogP contribution is -2.52. The molecule has 202 valence electrons. The van der Waals surface area contributed by atoms with E-state index >= 15 is 0 Å². The zero-order valence-corrected chi connectivity index (χ0v) is 21.8. The van der Waals surface area contributed by atoms with E-state index in [9.17, 15) is 19.5 Å². The van der Waals surface area contributed by atoms with Crippen molar-refractivity contribution in [3.8, 4) is 0 Å². The molecule has 5 atom stereocenters. The van der Waals surface area contributed by atoms with Crippen molar-refractivity contribution in [2.75, 3.05) is 0 Å². The number of benzene rings is 2.